The van der Waals surface area contributed by atoms with Crippen molar-refractivity contribution in [3.8, 4) is 0 Å². The highest BCUT2D eigenvalue weighted by Crippen LogP contribution is 2.04. The molecule has 1 fully saturated rings. The largest absolute Gasteiger partial charge is 0.339 e. The van der Waals surface area contributed by atoms with Crippen LogP contribution in [0.5, 0.6) is 0 Å². The predicted octanol–water partition coefficient (Wildman–Crippen LogP) is -2.45. The average Bonchev–Trinajstić information content (AvgIpc) is 2.17. The minimum Gasteiger partial charge on any atom is -0.339 e. The Balaban J connectivity index is 2.46. The van der Waals surface area contributed by atoms with Crippen molar-refractivity contribution in [3.05, 3.63) is 0 Å². The van der Waals surface area contributed by atoms with Gasteiger partial charge in [-0.2, -0.15) is 12.7 Å². The number of piperazine rings is 1. The molecule has 1 aliphatic rings. The Labute approximate surface area is 89.4 Å². The van der Waals surface area contributed by atoms with Gasteiger partial charge in [-0.05, 0) is 7.05 Å². The Kier molecular flexibility index (Phi) is 4.03. The Morgan fingerprint density at radius 2 is 1.87 bits per heavy atom. The highest BCUT2D eigenvalue weighted by Gasteiger charge is 2.25. The SMILES string of the molecule is CNCC(=O)N1CCN(S(N)(=O)=O)CC1. The molecule has 0 aromatic rings. The number of nitrogens with zero attached hydrogens (tertiary/aromatic N) is 2. The summed E-state index contributed by atoms with van der Waals surface area (Å²) in [6, 6.07) is 0. The molecule has 0 aromatic carbocycles. The van der Waals surface area contributed by atoms with Crippen LogP contribution < -0.4 is 10.5 Å². The predicted molar refractivity (Wildman–Crippen MR) is 55.2 cm³/mol. The summed E-state index contributed by atoms with van der Waals surface area (Å²) in [7, 11) is -1.91. The molecule has 88 valence electrons. The zero-order valence-electron chi connectivity index (χ0n) is 8.64. The summed E-state index contributed by atoms with van der Waals surface area (Å²) in [5.41, 5.74) is 0. The van der Waals surface area contributed by atoms with Crippen LogP contribution in [0.3, 0.4) is 0 Å². The molecular formula is C7H16N4O3S. The third-order valence-electron chi connectivity index (χ3n) is 2.28. The molecule has 0 bridgehead atoms. The van der Waals surface area contributed by atoms with E-state index in [2.05, 4.69) is 5.32 Å². The summed E-state index contributed by atoms with van der Waals surface area (Å²) in [5.74, 6) is -0.0217. The molecular weight excluding hydrogens is 220 g/mol. The van der Waals surface area contributed by atoms with Gasteiger partial charge in [0.15, 0.2) is 0 Å². The summed E-state index contributed by atoms with van der Waals surface area (Å²) < 4.78 is 23.1. The van der Waals surface area contributed by atoms with E-state index in [1.54, 1.807) is 11.9 Å². The summed E-state index contributed by atoms with van der Waals surface area (Å²) in [4.78, 5) is 13.0. The third-order valence-corrected chi connectivity index (χ3v) is 3.36. The number of carbonyl (C=O) groups excluding carboxylic acids is 1. The minimum absolute atomic E-state index is 0.0217. The van der Waals surface area contributed by atoms with Crippen molar-refractivity contribution in [2.75, 3.05) is 39.8 Å². The third kappa shape index (κ3) is 3.42. The Bertz CT molecular complexity index is 321. The van der Waals surface area contributed by atoms with Crippen molar-refractivity contribution in [2.45, 2.75) is 0 Å². The quantitative estimate of drug-likeness (QED) is 0.569. The van der Waals surface area contributed by atoms with E-state index in [0.29, 0.717) is 13.1 Å². The van der Waals surface area contributed by atoms with Crippen LogP contribution in [0.2, 0.25) is 0 Å². The number of hydrogen-bond donors (Lipinski definition) is 2. The second-order valence-corrected chi connectivity index (χ2v) is 4.90. The molecule has 1 saturated heterocycles. The van der Waals surface area contributed by atoms with Gasteiger partial charge >= 0.3 is 0 Å². The second kappa shape index (κ2) is 4.88. The maximum atomic E-state index is 11.4. The molecule has 0 atom stereocenters. The second-order valence-electron chi connectivity index (χ2n) is 3.36. The van der Waals surface area contributed by atoms with Gasteiger partial charge in [-0.1, -0.05) is 0 Å². The molecule has 0 unspecified atom stereocenters. The number of amides is 1. The first kappa shape index (κ1) is 12.4. The summed E-state index contributed by atoms with van der Waals surface area (Å²) in [6.07, 6.45) is 0. The zero-order chi connectivity index (χ0) is 11.5. The molecule has 1 rings (SSSR count). The Morgan fingerprint density at radius 3 is 2.27 bits per heavy atom. The molecule has 0 aromatic heterocycles. The molecule has 0 radical (unpaired) electrons. The number of rotatable bonds is 3. The van der Waals surface area contributed by atoms with Gasteiger partial charge in [0.05, 0.1) is 6.54 Å². The van der Waals surface area contributed by atoms with E-state index in [0.717, 1.165) is 0 Å². The van der Waals surface area contributed by atoms with E-state index in [1.807, 2.05) is 0 Å². The van der Waals surface area contributed by atoms with Crippen LogP contribution in [0.25, 0.3) is 0 Å². The lowest BCUT2D eigenvalue weighted by atomic mass is 10.3. The van der Waals surface area contributed by atoms with Crippen LogP contribution in [0.4, 0.5) is 0 Å². The topological polar surface area (TPSA) is 95.7 Å². The van der Waals surface area contributed by atoms with Gasteiger partial charge in [-0.3, -0.25) is 4.79 Å². The van der Waals surface area contributed by atoms with Crippen molar-refractivity contribution in [1.82, 2.24) is 14.5 Å². The van der Waals surface area contributed by atoms with Crippen molar-refractivity contribution in [3.63, 3.8) is 0 Å². The number of likely N-dealkylation sites (N-methyl/N-ethyl adjacent to an activating group) is 1. The van der Waals surface area contributed by atoms with Gasteiger partial charge in [0, 0.05) is 26.2 Å². The lowest BCUT2D eigenvalue weighted by molar-refractivity contribution is -0.131. The van der Waals surface area contributed by atoms with Gasteiger partial charge in [-0.15, -0.1) is 0 Å². The number of nitrogens with two attached hydrogens (primary N) is 1. The molecule has 0 saturated carbocycles. The number of hydrogen-bond acceptors (Lipinski definition) is 4. The monoisotopic (exact) mass is 236 g/mol. The molecule has 0 spiro atoms. The van der Waals surface area contributed by atoms with E-state index in [-0.39, 0.29) is 25.5 Å². The van der Waals surface area contributed by atoms with Crippen molar-refractivity contribution < 1.29 is 13.2 Å². The van der Waals surface area contributed by atoms with Crippen LogP contribution in [-0.4, -0.2) is 63.3 Å². The lowest BCUT2D eigenvalue weighted by Crippen LogP contribution is -2.53. The molecule has 1 heterocycles. The molecule has 7 nitrogen and oxygen atoms in total. The smallest absolute Gasteiger partial charge is 0.277 e. The van der Waals surface area contributed by atoms with Gasteiger partial charge in [0.1, 0.15) is 0 Å². The maximum Gasteiger partial charge on any atom is 0.277 e. The van der Waals surface area contributed by atoms with Crippen molar-refractivity contribution in [2.24, 2.45) is 5.14 Å². The van der Waals surface area contributed by atoms with E-state index in [9.17, 15) is 13.2 Å². The first-order chi connectivity index (χ1) is 6.95. The van der Waals surface area contributed by atoms with Crippen LogP contribution in [0.1, 0.15) is 0 Å². The van der Waals surface area contributed by atoms with E-state index >= 15 is 0 Å². The lowest BCUT2D eigenvalue weighted by Gasteiger charge is -2.32. The fourth-order valence-electron chi connectivity index (χ4n) is 1.46. The normalized spacial score (nSPS) is 19.2. The molecule has 0 aliphatic carbocycles. The fourth-order valence-corrected chi connectivity index (χ4v) is 2.13. The average molecular weight is 236 g/mol. The van der Waals surface area contributed by atoms with Crippen LogP contribution in [0, 0.1) is 0 Å². The fraction of sp³-hybridized carbons (Fsp3) is 0.857. The summed E-state index contributed by atoms with van der Waals surface area (Å²) in [5, 5.41) is 7.73. The summed E-state index contributed by atoms with van der Waals surface area (Å²) in [6.45, 7) is 1.62. The summed E-state index contributed by atoms with van der Waals surface area (Å²) >= 11 is 0. The maximum absolute atomic E-state index is 11.4. The van der Waals surface area contributed by atoms with Crippen molar-refractivity contribution >= 4 is 16.1 Å². The first-order valence-corrected chi connectivity index (χ1v) is 6.15. The van der Waals surface area contributed by atoms with Gasteiger partial charge in [-0.25, -0.2) is 5.14 Å². The Hall–Kier alpha value is -0.700. The van der Waals surface area contributed by atoms with Crippen LogP contribution in [-0.2, 0) is 15.0 Å². The molecule has 1 aliphatic heterocycles. The van der Waals surface area contributed by atoms with Crippen LogP contribution in [0.15, 0.2) is 0 Å². The molecule has 3 N–H and O–H groups in total. The first-order valence-electron chi connectivity index (χ1n) is 4.65. The molecule has 8 heteroatoms. The van der Waals surface area contributed by atoms with E-state index < -0.39 is 10.2 Å². The number of nitrogens with one attached hydrogen (secondary N) is 1. The van der Waals surface area contributed by atoms with Gasteiger partial charge in [0.25, 0.3) is 10.2 Å². The number of carbonyl (C=O) groups is 1. The standard InChI is InChI=1S/C7H16N4O3S/c1-9-6-7(12)10-2-4-11(5-3-10)15(8,13)14/h9H,2-6H2,1H3,(H2,8,13,14). The minimum atomic E-state index is -3.61. The Morgan fingerprint density at radius 1 is 1.33 bits per heavy atom. The van der Waals surface area contributed by atoms with Crippen molar-refractivity contribution in [1.29, 1.82) is 0 Å². The van der Waals surface area contributed by atoms with Gasteiger partial charge < -0.3 is 10.2 Å². The van der Waals surface area contributed by atoms with Crippen LogP contribution >= 0.6 is 0 Å². The molecule has 15 heavy (non-hydrogen) atoms. The highest BCUT2D eigenvalue weighted by molar-refractivity contribution is 7.86. The molecule has 1 amide bonds. The van der Waals surface area contributed by atoms with Gasteiger partial charge in [0.2, 0.25) is 5.91 Å². The zero-order valence-corrected chi connectivity index (χ0v) is 9.46. The van der Waals surface area contributed by atoms with E-state index in [4.69, 9.17) is 5.14 Å². The highest BCUT2D eigenvalue weighted by atomic mass is 32.2. The van der Waals surface area contributed by atoms with E-state index in [1.165, 1.54) is 4.31 Å².